The molecule has 3 aromatic rings. The van der Waals surface area contributed by atoms with Crippen LogP contribution in [-0.2, 0) is 20.5 Å². The highest BCUT2D eigenvalue weighted by Crippen LogP contribution is 2.55. The second-order valence-corrected chi connectivity index (χ2v) is 12.3. The lowest BCUT2D eigenvalue weighted by molar-refractivity contribution is -0.186. The molecule has 1 amide bonds. The van der Waals surface area contributed by atoms with Gasteiger partial charge in [-0.1, -0.05) is 55.1 Å². The van der Waals surface area contributed by atoms with Gasteiger partial charge in [-0.3, -0.25) is 9.18 Å². The fraction of sp³-hybridized carbons (Fsp3) is 0.389. The molecule has 2 aliphatic carbocycles. The van der Waals surface area contributed by atoms with Crippen molar-refractivity contribution in [2.45, 2.75) is 56.0 Å². The van der Waals surface area contributed by atoms with E-state index >= 15 is 0 Å². The van der Waals surface area contributed by atoms with Crippen molar-refractivity contribution in [3.63, 3.8) is 0 Å². The highest BCUT2D eigenvalue weighted by Gasteiger charge is 2.52. The van der Waals surface area contributed by atoms with Gasteiger partial charge in [0.2, 0.25) is 0 Å². The van der Waals surface area contributed by atoms with E-state index in [0.29, 0.717) is 13.2 Å². The van der Waals surface area contributed by atoms with Crippen LogP contribution in [0, 0.1) is 16.7 Å². The monoisotopic (exact) mass is 564 g/mol. The Morgan fingerprint density at radius 2 is 1.67 bits per heavy atom. The van der Waals surface area contributed by atoms with Gasteiger partial charge < -0.3 is 14.4 Å². The second kappa shape index (κ2) is 11.0. The maximum atomic E-state index is 13.7. The lowest BCUT2D eigenvalue weighted by Crippen LogP contribution is -2.54. The molecule has 2 aliphatic heterocycles. The Labute approximate surface area is 247 Å². The van der Waals surface area contributed by atoms with Gasteiger partial charge in [-0.05, 0) is 85.0 Å². The first-order valence-electron chi connectivity index (χ1n) is 14.8. The molecule has 0 spiro atoms. The smallest absolute Gasteiger partial charge is 0.253 e. The summed E-state index contributed by atoms with van der Waals surface area (Å²) in [5.74, 6) is 0.544. The summed E-state index contributed by atoms with van der Waals surface area (Å²) >= 11 is 0. The van der Waals surface area contributed by atoms with Crippen LogP contribution < -0.4 is 9.64 Å². The molecule has 0 aromatic heterocycles. The van der Waals surface area contributed by atoms with Gasteiger partial charge in [0.05, 0.1) is 37.5 Å². The summed E-state index contributed by atoms with van der Waals surface area (Å²) in [5, 5.41) is 9.58. The number of ether oxygens (including phenoxy) is 2. The van der Waals surface area contributed by atoms with Crippen molar-refractivity contribution in [3.05, 3.63) is 96.1 Å². The van der Waals surface area contributed by atoms with Gasteiger partial charge in [0, 0.05) is 29.6 Å². The number of hydrogen-bond donors (Lipinski definition) is 0. The summed E-state index contributed by atoms with van der Waals surface area (Å²) in [4.78, 5) is 15.5. The van der Waals surface area contributed by atoms with Crippen molar-refractivity contribution in [1.29, 1.82) is 5.26 Å². The third kappa shape index (κ3) is 5.12. The number of methoxy groups -OCH3 is 1. The summed E-state index contributed by atoms with van der Waals surface area (Å²) in [6, 6.07) is 26.7. The standard InChI is InChI=1S/C36H37FN2O3/c1-26(14-21-37)33(40)39(31-5-3-4-28(22-31)27-6-12-32(41-2)13-7-27)24-34-15-19-36(20-16-34,42-25-34)30-10-8-29(9-11-30)35(23-38)17-18-35/h3-13,22H,1,14-21,24-25H2,2H3. The van der Waals surface area contributed by atoms with Crippen molar-refractivity contribution < 1.29 is 18.7 Å². The molecule has 216 valence electrons. The molecule has 0 N–H and O–H groups in total. The Morgan fingerprint density at radius 3 is 2.24 bits per heavy atom. The molecule has 2 heterocycles. The van der Waals surface area contributed by atoms with Crippen molar-refractivity contribution in [2.24, 2.45) is 5.41 Å². The van der Waals surface area contributed by atoms with Crippen LogP contribution in [0.2, 0.25) is 0 Å². The maximum absolute atomic E-state index is 13.7. The maximum Gasteiger partial charge on any atom is 0.253 e. The number of fused-ring (bicyclic) bond motifs is 3. The number of carbonyl (C=O) groups excluding carboxylic acids is 1. The van der Waals surface area contributed by atoms with Crippen molar-refractivity contribution in [1.82, 2.24) is 0 Å². The van der Waals surface area contributed by atoms with Crippen LogP contribution in [0.5, 0.6) is 5.75 Å². The number of hydrogen-bond acceptors (Lipinski definition) is 4. The molecular formula is C36H37FN2O3. The summed E-state index contributed by atoms with van der Waals surface area (Å²) in [5.41, 5.74) is 4.50. The fourth-order valence-corrected chi connectivity index (χ4v) is 6.69. The first-order chi connectivity index (χ1) is 20.3. The number of halogens is 1. The highest BCUT2D eigenvalue weighted by atomic mass is 19.1. The minimum atomic E-state index is -0.616. The summed E-state index contributed by atoms with van der Waals surface area (Å²) in [6.07, 6.45) is 5.47. The molecule has 4 fully saturated rings. The molecular weight excluding hydrogens is 527 g/mol. The fourth-order valence-electron chi connectivity index (χ4n) is 6.69. The highest BCUT2D eigenvalue weighted by molar-refractivity contribution is 6.05. The van der Waals surface area contributed by atoms with Crippen LogP contribution in [0.15, 0.2) is 84.9 Å². The summed E-state index contributed by atoms with van der Waals surface area (Å²) in [7, 11) is 1.64. The second-order valence-electron chi connectivity index (χ2n) is 12.3. The normalized spacial score (nSPS) is 23.5. The molecule has 42 heavy (non-hydrogen) atoms. The third-order valence-corrected chi connectivity index (χ3v) is 9.72. The van der Waals surface area contributed by atoms with E-state index in [1.165, 1.54) is 5.56 Å². The van der Waals surface area contributed by atoms with Crippen LogP contribution in [-0.4, -0.2) is 32.8 Å². The van der Waals surface area contributed by atoms with Crippen LogP contribution in [0.25, 0.3) is 11.1 Å². The average Bonchev–Trinajstić information content (AvgIpc) is 3.86. The number of anilines is 1. The summed E-state index contributed by atoms with van der Waals surface area (Å²) < 4.78 is 25.2. The number of benzene rings is 3. The zero-order valence-electron chi connectivity index (χ0n) is 24.2. The quantitative estimate of drug-likeness (QED) is 0.237. The third-order valence-electron chi connectivity index (χ3n) is 9.72. The van der Waals surface area contributed by atoms with Crippen LogP contribution in [0.4, 0.5) is 10.1 Å². The zero-order valence-corrected chi connectivity index (χ0v) is 24.2. The number of rotatable bonds is 10. The van der Waals surface area contributed by atoms with Gasteiger partial charge in [-0.25, -0.2) is 0 Å². The SMILES string of the molecule is C=C(CCF)C(=O)N(CC12CCC(c3ccc(C4(C#N)CC4)cc3)(CC1)OC2)c1cccc(-c2ccc(OC)cc2)c1. The molecule has 7 rings (SSSR count). The number of amides is 1. The van der Waals surface area contributed by atoms with E-state index in [2.05, 4.69) is 36.9 Å². The van der Waals surface area contributed by atoms with Crippen molar-refractivity contribution >= 4 is 11.6 Å². The van der Waals surface area contributed by atoms with E-state index in [0.717, 1.165) is 66.7 Å². The Morgan fingerprint density at radius 1 is 0.976 bits per heavy atom. The van der Waals surface area contributed by atoms with Crippen LogP contribution >= 0.6 is 0 Å². The molecule has 0 radical (unpaired) electrons. The zero-order chi connectivity index (χ0) is 29.4. The van der Waals surface area contributed by atoms with Gasteiger partial charge in [-0.15, -0.1) is 0 Å². The average molecular weight is 565 g/mol. The Hall–Kier alpha value is -3.95. The van der Waals surface area contributed by atoms with E-state index in [4.69, 9.17) is 9.47 Å². The first kappa shape index (κ1) is 28.2. The van der Waals surface area contributed by atoms with Crippen LogP contribution in [0.1, 0.15) is 56.1 Å². The van der Waals surface area contributed by atoms with E-state index < -0.39 is 6.67 Å². The molecule has 0 atom stereocenters. The Bertz CT molecular complexity index is 1490. The number of nitrogens with zero attached hydrogens (tertiary/aromatic N) is 2. The number of carbonyl (C=O) groups is 1. The van der Waals surface area contributed by atoms with Crippen LogP contribution in [0.3, 0.4) is 0 Å². The predicted octanol–water partition coefficient (Wildman–Crippen LogP) is 7.65. The predicted molar refractivity (Wildman–Crippen MR) is 162 cm³/mol. The van der Waals surface area contributed by atoms with Gasteiger partial charge in [-0.2, -0.15) is 5.26 Å². The number of alkyl halides is 1. The molecule has 4 aliphatic rings. The van der Waals surface area contributed by atoms with Gasteiger partial charge in [0.15, 0.2) is 0 Å². The first-order valence-corrected chi connectivity index (χ1v) is 14.8. The summed E-state index contributed by atoms with van der Waals surface area (Å²) in [6.45, 7) is 4.35. The number of nitriles is 1. The van der Waals surface area contributed by atoms with E-state index in [-0.39, 0.29) is 34.3 Å². The van der Waals surface area contributed by atoms with Gasteiger partial charge in [0.25, 0.3) is 5.91 Å². The Kier molecular flexibility index (Phi) is 7.41. The van der Waals surface area contributed by atoms with Gasteiger partial charge in [0.1, 0.15) is 5.75 Å². The van der Waals surface area contributed by atoms with E-state index in [1.807, 2.05) is 48.5 Å². The molecule has 5 nitrogen and oxygen atoms in total. The van der Waals surface area contributed by atoms with E-state index in [1.54, 1.807) is 12.0 Å². The van der Waals surface area contributed by atoms with E-state index in [9.17, 15) is 14.4 Å². The van der Waals surface area contributed by atoms with Crippen molar-refractivity contribution in [3.8, 4) is 22.9 Å². The minimum absolute atomic E-state index is 0.0171. The molecule has 0 unspecified atom stereocenters. The molecule has 3 aromatic carbocycles. The molecule has 6 heteroatoms. The van der Waals surface area contributed by atoms with Gasteiger partial charge >= 0.3 is 0 Å². The molecule has 2 saturated carbocycles. The lowest BCUT2D eigenvalue weighted by Gasteiger charge is -2.54. The largest absolute Gasteiger partial charge is 0.497 e. The molecule has 2 saturated heterocycles. The Balaban J connectivity index is 1.23. The minimum Gasteiger partial charge on any atom is -0.497 e. The lowest BCUT2D eigenvalue weighted by atomic mass is 9.64. The topological polar surface area (TPSA) is 62.6 Å². The van der Waals surface area contributed by atoms with Crippen molar-refractivity contribution in [2.75, 3.05) is 31.8 Å². The molecule has 2 bridgehead atoms.